The highest BCUT2D eigenvalue weighted by Crippen LogP contribution is 2.34. The van der Waals surface area contributed by atoms with Crippen LogP contribution in [-0.2, 0) is 12.8 Å². The highest BCUT2D eigenvalue weighted by atomic mass is 32.1. The van der Waals surface area contributed by atoms with E-state index in [0.29, 0.717) is 0 Å². The summed E-state index contributed by atoms with van der Waals surface area (Å²) in [5.41, 5.74) is 6.65. The van der Waals surface area contributed by atoms with Gasteiger partial charge in [0.15, 0.2) is 0 Å². The number of hydrogen-bond acceptors (Lipinski definition) is 3. The molecule has 1 aromatic heterocycles. The van der Waals surface area contributed by atoms with Gasteiger partial charge in [0.2, 0.25) is 0 Å². The van der Waals surface area contributed by atoms with Crippen LogP contribution in [0.5, 0.6) is 0 Å². The molecule has 0 bridgehead atoms. The van der Waals surface area contributed by atoms with Crippen LogP contribution in [0.2, 0.25) is 0 Å². The number of hydrazone groups is 1. The van der Waals surface area contributed by atoms with Gasteiger partial charge in [0.05, 0.1) is 10.6 Å². The first-order valence-electron chi connectivity index (χ1n) is 8.48. The zero-order chi connectivity index (χ0) is 16.6. The molecular weight excluding hydrogens is 304 g/mol. The van der Waals surface area contributed by atoms with Gasteiger partial charge in [-0.1, -0.05) is 26.3 Å². The van der Waals surface area contributed by atoms with Crippen molar-refractivity contribution in [1.29, 1.82) is 0 Å². The zero-order valence-electron chi connectivity index (χ0n) is 14.5. The maximum absolute atomic E-state index is 12.4. The van der Waals surface area contributed by atoms with Crippen LogP contribution in [-0.4, -0.2) is 11.6 Å². The van der Waals surface area contributed by atoms with Crippen molar-refractivity contribution in [1.82, 2.24) is 5.43 Å². The number of carbonyl (C=O) groups excluding carboxylic acids is 1. The minimum atomic E-state index is -0.0704. The number of carbonyl (C=O) groups is 1. The summed E-state index contributed by atoms with van der Waals surface area (Å²) in [5, 5.41) is 4.37. The Balaban J connectivity index is 1.70. The van der Waals surface area contributed by atoms with Crippen LogP contribution in [0.15, 0.2) is 22.8 Å². The molecule has 1 atom stereocenters. The van der Waals surface area contributed by atoms with Crippen LogP contribution >= 0.6 is 11.3 Å². The Morgan fingerprint density at radius 3 is 2.91 bits per heavy atom. The third-order valence-corrected chi connectivity index (χ3v) is 5.92. The van der Waals surface area contributed by atoms with Crippen molar-refractivity contribution >= 4 is 23.0 Å². The molecule has 0 aliphatic heterocycles. The molecule has 2 aliphatic rings. The van der Waals surface area contributed by atoms with Gasteiger partial charge in [-0.3, -0.25) is 4.79 Å². The maximum Gasteiger partial charge on any atom is 0.281 e. The summed E-state index contributed by atoms with van der Waals surface area (Å²) >= 11 is 1.64. The van der Waals surface area contributed by atoms with Gasteiger partial charge in [-0.15, -0.1) is 11.3 Å². The van der Waals surface area contributed by atoms with Gasteiger partial charge in [0.1, 0.15) is 0 Å². The Morgan fingerprint density at radius 2 is 2.17 bits per heavy atom. The highest BCUT2D eigenvalue weighted by Gasteiger charge is 2.25. The lowest BCUT2D eigenvalue weighted by molar-refractivity contribution is 0.0958. The number of nitrogens with zero attached hydrogens (tertiary/aromatic N) is 1. The number of hydrogen-bond donors (Lipinski definition) is 1. The molecule has 23 heavy (non-hydrogen) atoms. The summed E-state index contributed by atoms with van der Waals surface area (Å²) in [6.45, 7) is 8.91. The van der Waals surface area contributed by atoms with Crippen molar-refractivity contribution in [2.45, 2.75) is 59.8 Å². The summed E-state index contributed by atoms with van der Waals surface area (Å²) in [5.74, 6) is 0.657. The van der Waals surface area contributed by atoms with Gasteiger partial charge in [0, 0.05) is 4.88 Å². The first kappa shape index (κ1) is 16.4. The van der Waals surface area contributed by atoms with Crippen LogP contribution in [0.25, 0.3) is 0 Å². The fraction of sp³-hybridized carbons (Fsp3) is 0.579. The fourth-order valence-corrected chi connectivity index (χ4v) is 4.86. The predicted octanol–water partition coefficient (Wildman–Crippen LogP) is 4.73. The topological polar surface area (TPSA) is 41.5 Å². The Labute approximate surface area is 142 Å². The largest absolute Gasteiger partial charge is 0.281 e. The van der Waals surface area contributed by atoms with Crippen LogP contribution in [0.3, 0.4) is 0 Å². The Bertz CT molecular complexity index is 682. The van der Waals surface area contributed by atoms with E-state index in [1.807, 2.05) is 0 Å². The van der Waals surface area contributed by atoms with Crippen LogP contribution in [0.4, 0.5) is 0 Å². The molecule has 0 aromatic carbocycles. The number of amides is 1. The molecule has 1 aromatic rings. The van der Waals surface area contributed by atoms with Crippen molar-refractivity contribution in [2.75, 3.05) is 0 Å². The van der Waals surface area contributed by atoms with E-state index in [1.54, 1.807) is 11.3 Å². The standard InChI is InChI=1S/C19H26N2OS/c1-12-5-6-16-14(7-12)9-17(23-16)18(22)21-20-15-8-13(2)10-19(3,4)11-15/h8-9,12H,5-7,10-11H2,1-4H3,(H,21,22)/b20-15+/t12-/m0/s1. The highest BCUT2D eigenvalue weighted by molar-refractivity contribution is 7.14. The monoisotopic (exact) mass is 330 g/mol. The third kappa shape index (κ3) is 3.92. The number of nitrogens with one attached hydrogen (secondary N) is 1. The van der Waals surface area contributed by atoms with Crippen LogP contribution in [0, 0.1) is 11.3 Å². The molecule has 1 N–H and O–H groups in total. The molecule has 0 radical (unpaired) electrons. The molecule has 0 spiro atoms. The number of fused-ring (bicyclic) bond motifs is 1. The molecule has 4 heteroatoms. The van der Waals surface area contributed by atoms with E-state index in [0.717, 1.165) is 42.2 Å². The van der Waals surface area contributed by atoms with Gasteiger partial charge in [-0.2, -0.15) is 5.10 Å². The number of aryl methyl sites for hydroxylation is 1. The van der Waals surface area contributed by atoms with Gasteiger partial charge >= 0.3 is 0 Å². The zero-order valence-corrected chi connectivity index (χ0v) is 15.3. The minimum Gasteiger partial charge on any atom is -0.266 e. The van der Waals surface area contributed by atoms with Crippen molar-refractivity contribution in [2.24, 2.45) is 16.4 Å². The van der Waals surface area contributed by atoms with Gasteiger partial charge in [0.25, 0.3) is 5.91 Å². The van der Waals surface area contributed by atoms with Crippen LogP contribution < -0.4 is 5.43 Å². The Hall–Kier alpha value is -1.42. The van der Waals surface area contributed by atoms with Crippen LogP contribution in [0.1, 0.15) is 67.1 Å². The fourth-order valence-electron chi connectivity index (χ4n) is 3.76. The smallest absolute Gasteiger partial charge is 0.266 e. The predicted molar refractivity (Wildman–Crippen MR) is 97.2 cm³/mol. The Kier molecular flexibility index (Phi) is 4.45. The van der Waals surface area contributed by atoms with E-state index < -0.39 is 0 Å². The molecule has 1 heterocycles. The number of thiophene rings is 1. The lowest BCUT2D eigenvalue weighted by Gasteiger charge is -2.29. The first-order chi connectivity index (χ1) is 10.8. The molecule has 3 nitrogen and oxygen atoms in total. The third-order valence-electron chi connectivity index (χ3n) is 4.68. The van der Waals surface area contributed by atoms with Crippen molar-refractivity contribution < 1.29 is 4.79 Å². The summed E-state index contributed by atoms with van der Waals surface area (Å²) in [7, 11) is 0. The molecule has 2 aliphatic carbocycles. The molecule has 1 amide bonds. The van der Waals surface area contributed by atoms with Gasteiger partial charge in [-0.25, -0.2) is 5.43 Å². The average molecular weight is 330 g/mol. The van der Waals surface area contributed by atoms with Gasteiger partial charge < -0.3 is 0 Å². The molecule has 0 unspecified atom stereocenters. The average Bonchev–Trinajstić information content (AvgIpc) is 2.85. The Morgan fingerprint density at radius 1 is 1.39 bits per heavy atom. The first-order valence-corrected chi connectivity index (χ1v) is 9.30. The van der Waals surface area contributed by atoms with Crippen molar-refractivity contribution in [3.8, 4) is 0 Å². The van der Waals surface area contributed by atoms with E-state index >= 15 is 0 Å². The molecule has 124 valence electrons. The molecule has 0 saturated carbocycles. The van der Waals surface area contributed by atoms with Crippen molar-refractivity contribution in [3.05, 3.63) is 33.0 Å². The lowest BCUT2D eigenvalue weighted by Crippen LogP contribution is -2.25. The van der Waals surface area contributed by atoms with Crippen molar-refractivity contribution in [3.63, 3.8) is 0 Å². The maximum atomic E-state index is 12.4. The second-order valence-electron chi connectivity index (χ2n) is 7.96. The molecule has 0 saturated heterocycles. The van der Waals surface area contributed by atoms with E-state index in [9.17, 15) is 4.79 Å². The van der Waals surface area contributed by atoms with E-state index in [4.69, 9.17) is 0 Å². The van der Waals surface area contributed by atoms with Gasteiger partial charge in [-0.05, 0) is 68.1 Å². The van der Waals surface area contributed by atoms with E-state index in [1.165, 1.54) is 22.4 Å². The minimum absolute atomic E-state index is 0.0704. The number of allylic oxidation sites excluding steroid dienone is 2. The number of rotatable bonds is 2. The second kappa shape index (κ2) is 6.23. The summed E-state index contributed by atoms with van der Waals surface area (Å²) in [4.78, 5) is 14.6. The quantitative estimate of drug-likeness (QED) is 0.783. The normalized spacial score (nSPS) is 25.0. The van der Waals surface area contributed by atoms with E-state index in [-0.39, 0.29) is 11.3 Å². The summed E-state index contributed by atoms with van der Waals surface area (Å²) in [6, 6.07) is 2.07. The summed E-state index contributed by atoms with van der Waals surface area (Å²) < 4.78 is 0. The molecular formula is C19H26N2OS. The summed E-state index contributed by atoms with van der Waals surface area (Å²) in [6.07, 6.45) is 7.55. The SMILES string of the molecule is CC1=C/C(=N\NC(=O)c2cc3c(s2)CC[C@H](C)C3)CC(C)(C)C1. The lowest BCUT2D eigenvalue weighted by atomic mass is 9.77. The molecule has 0 fully saturated rings. The van der Waals surface area contributed by atoms with E-state index in [2.05, 4.69) is 50.4 Å². The molecule has 3 rings (SSSR count). The second-order valence-corrected chi connectivity index (χ2v) is 9.10.